The van der Waals surface area contributed by atoms with Crippen LogP contribution in [0.4, 0.5) is 26.3 Å². The van der Waals surface area contributed by atoms with Crippen LogP contribution in [0.2, 0.25) is 0 Å². The van der Waals surface area contributed by atoms with Gasteiger partial charge in [0, 0.05) is 30.6 Å². The fourth-order valence-corrected chi connectivity index (χ4v) is 2.19. The molecule has 27 heavy (non-hydrogen) atoms. The molecule has 0 aliphatic heterocycles. The average molecular weight is 392 g/mol. The molecule has 6 nitrogen and oxygen atoms in total. The van der Waals surface area contributed by atoms with E-state index in [0.717, 1.165) is 23.8 Å². The molecule has 3 aromatic rings. The molecule has 3 heterocycles. The quantitative estimate of drug-likeness (QED) is 0.622. The molecule has 0 amide bonds. The third kappa shape index (κ3) is 3.94. The standard InChI is InChI=1S/C15H10F6N4O2/c1-26-15(20,21)13-24-23-11-3-2-8(6-25(11)13)9-4-10(16)12(22-5-9)27-7-14(17,18)19/h2-6H,7H2,1H3. The first-order chi connectivity index (χ1) is 12.6. The number of nitrogens with zero attached hydrogens (tertiary/aromatic N) is 4. The molecule has 0 aliphatic carbocycles. The van der Waals surface area contributed by atoms with E-state index < -0.39 is 36.4 Å². The Kier molecular flexibility index (Phi) is 4.68. The van der Waals surface area contributed by atoms with Crippen molar-refractivity contribution in [1.82, 2.24) is 19.6 Å². The van der Waals surface area contributed by atoms with Crippen LogP contribution >= 0.6 is 0 Å². The highest BCUT2D eigenvalue weighted by molar-refractivity contribution is 5.64. The molecule has 0 atom stereocenters. The zero-order chi connectivity index (χ0) is 19.8. The predicted octanol–water partition coefficient (Wildman–Crippen LogP) is 3.57. The van der Waals surface area contributed by atoms with Crippen LogP contribution in [-0.4, -0.2) is 39.5 Å². The molecule has 0 fully saturated rings. The fraction of sp³-hybridized carbons (Fsp3) is 0.267. The Bertz CT molecular complexity index is 973. The lowest BCUT2D eigenvalue weighted by atomic mass is 10.1. The van der Waals surface area contributed by atoms with Gasteiger partial charge in [-0.2, -0.15) is 22.0 Å². The normalized spacial score (nSPS) is 12.6. The first-order valence-electron chi connectivity index (χ1n) is 7.24. The van der Waals surface area contributed by atoms with E-state index in [1.54, 1.807) is 0 Å². The molecule has 3 aromatic heterocycles. The number of methoxy groups -OCH3 is 1. The van der Waals surface area contributed by atoms with Crippen molar-refractivity contribution in [2.45, 2.75) is 12.3 Å². The number of aromatic nitrogens is 4. The van der Waals surface area contributed by atoms with Gasteiger partial charge >= 0.3 is 12.3 Å². The van der Waals surface area contributed by atoms with Gasteiger partial charge in [-0.15, -0.1) is 10.2 Å². The van der Waals surface area contributed by atoms with Crippen molar-refractivity contribution in [3.8, 4) is 17.0 Å². The van der Waals surface area contributed by atoms with E-state index in [2.05, 4.69) is 24.7 Å². The second kappa shape index (κ2) is 6.68. The van der Waals surface area contributed by atoms with E-state index in [1.165, 1.54) is 18.3 Å². The summed E-state index contributed by atoms with van der Waals surface area (Å²) >= 11 is 0. The molecule has 0 unspecified atom stereocenters. The number of alkyl halides is 5. The number of fused-ring (bicyclic) bond motifs is 1. The maximum Gasteiger partial charge on any atom is 0.422 e. The Morgan fingerprint density at radius 3 is 2.44 bits per heavy atom. The smallest absolute Gasteiger partial charge is 0.422 e. The number of ether oxygens (including phenoxy) is 2. The monoisotopic (exact) mass is 392 g/mol. The number of pyridine rings is 2. The number of halogens is 6. The van der Waals surface area contributed by atoms with Gasteiger partial charge in [-0.1, -0.05) is 0 Å². The van der Waals surface area contributed by atoms with E-state index in [4.69, 9.17) is 0 Å². The third-order valence-electron chi connectivity index (χ3n) is 3.43. The molecule has 144 valence electrons. The van der Waals surface area contributed by atoms with Gasteiger partial charge < -0.3 is 9.47 Å². The lowest BCUT2D eigenvalue weighted by molar-refractivity contribution is -0.237. The van der Waals surface area contributed by atoms with Crippen molar-refractivity contribution in [3.05, 3.63) is 42.2 Å². The SMILES string of the molecule is COC(F)(F)c1nnc2ccc(-c3cnc(OCC(F)(F)F)c(F)c3)cn12. The first kappa shape index (κ1) is 18.9. The van der Waals surface area contributed by atoms with E-state index in [0.29, 0.717) is 0 Å². The molecular weight excluding hydrogens is 382 g/mol. The summed E-state index contributed by atoms with van der Waals surface area (Å²) in [5.41, 5.74) is 0.447. The summed E-state index contributed by atoms with van der Waals surface area (Å²) in [6.07, 6.45) is -6.11. The predicted molar refractivity (Wildman–Crippen MR) is 78.6 cm³/mol. The van der Waals surface area contributed by atoms with Crippen LogP contribution in [0, 0.1) is 5.82 Å². The van der Waals surface area contributed by atoms with Crippen molar-refractivity contribution in [1.29, 1.82) is 0 Å². The summed E-state index contributed by atoms with van der Waals surface area (Å²) in [7, 11) is 0.796. The zero-order valence-corrected chi connectivity index (χ0v) is 13.5. The van der Waals surface area contributed by atoms with Gasteiger partial charge in [-0.3, -0.25) is 4.40 Å². The Hall–Kier alpha value is -2.89. The van der Waals surface area contributed by atoms with E-state index >= 15 is 0 Å². The third-order valence-corrected chi connectivity index (χ3v) is 3.43. The van der Waals surface area contributed by atoms with Gasteiger partial charge in [-0.05, 0) is 18.2 Å². The summed E-state index contributed by atoms with van der Waals surface area (Å²) in [4.78, 5) is 3.50. The number of hydrogen-bond acceptors (Lipinski definition) is 5. The Morgan fingerprint density at radius 2 is 1.81 bits per heavy atom. The lowest BCUT2D eigenvalue weighted by Gasteiger charge is -2.12. The second-order valence-corrected chi connectivity index (χ2v) is 5.31. The fourth-order valence-electron chi connectivity index (χ4n) is 2.19. The van der Waals surface area contributed by atoms with Crippen molar-refractivity contribution >= 4 is 5.65 Å². The minimum Gasteiger partial charge on any atom is -0.466 e. The van der Waals surface area contributed by atoms with Crippen LogP contribution in [0.15, 0.2) is 30.6 Å². The molecule has 3 rings (SSSR count). The highest BCUT2D eigenvalue weighted by Crippen LogP contribution is 2.29. The minimum atomic E-state index is -4.64. The maximum absolute atomic E-state index is 14.0. The summed E-state index contributed by atoms with van der Waals surface area (Å²) in [6.45, 7) is -1.70. The van der Waals surface area contributed by atoms with Gasteiger partial charge in [0.15, 0.2) is 18.1 Å². The molecule has 0 aromatic carbocycles. The molecule has 0 spiro atoms. The van der Waals surface area contributed by atoms with E-state index in [9.17, 15) is 26.3 Å². The molecule has 0 bridgehead atoms. The van der Waals surface area contributed by atoms with Crippen molar-refractivity contribution in [3.63, 3.8) is 0 Å². The molecular formula is C15H10F6N4O2. The summed E-state index contributed by atoms with van der Waals surface area (Å²) < 4.78 is 87.2. The maximum atomic E-state index is 14.0. The topological polar surface area (TPSA) is 61.5 Å². The summed E-state index contributed by atoms with van der Waals surface area (Å²) in [6, 6.07) is 3.66. The van der Waals surface area contributed by atoms with Gasteiger partial charge in [0.1, 0.15) is 0 Å². The van der Waals surface area contributed by atoms with Crippen LogP contribution < -0.4 is 4.74 Å². The van der Waals surface area contributed by atoms with Crippen molar-refractivity contribution in [2.75, 3.05) is 13.7 Å². The number of rotatable bonds is 5. The molecule has 0 aliphatic rings. The van der Waals surface area contributed by atoms with Crippen LogP contribution in [0.25, 0.3) is 16.8 Å². The molecule has 0 N–H and O–H groups in total. The number of hydrogen-bond donors (Lipinski definition) is 0. The Labute approximate surface area is 147 Å². The van der Waals surface area contributed by atoms with Crippen LogP contribution in [0.5, 0.6) is 5.88 Å². The minimum absolute atomic E-state index is 0.0871. The molecule has 0 saturated carbocycles. The lowest BCUT2D eigenvalue weighted by Crippen LogP contribution is -2.20. The first-order valence-corrected chi connectivity index (χ1v) is 7.24. The Balaban J connectivity index is 1.95. The summed E-state index contributed by atoms with van der Waals surface area (Å²) in [5.74, 6) is -2.75. The summed E-state index contributed by atoms with van der Waals surface area (Å²) in [5, 5.41) is 6.96. The highest BCUT2D eigenvalue weighted by Gasteiger charge is 2.37. The van der Waals surface area contributed by atoms with Crippen molar-refractivity contribution < 1.29 is 35.8 Å². The van der Waals surface area contributed by atoms with E-state index in [1.807, 2.05) is 0 Å². The largest absolute Gasteiger partial charge is 0.466 e. The zero-order valence-electron chi connectivity index (χ0n) is 13.5. The Morgan fingerprint density at radius 1 is 1.07 bits per heavy atom. The van der Waals surface area contributed by atoms with E-state index in [-0.39, 0.29) is 16.8 Å². The average Bonchev–Trinajstić information content (AvgIpc) is 3.03. The van der Waals surface area contributed by atoms with Crippen LogP contribution in [-0.2, 0) is 10.8 Å². The molecule has 0 radical (unpaired) electrons. The van der Waals surface area contributed by atoms with Gasteiger partial charge in [0.25, 0.3) is 5.88 Å². The highest BCUT2D eigenvalue weighted by atomic mass is 19.4. The molecule has 12 heteroatoms. The van der Waals surface area contributed by atoms with Gasteiger partial charge in [-0.25, -0.2) is 9.37 Å². The van der Waals surface area contributed by atoms with Crippen LogP contribution in [0.1, 0.15) is 5.82 Å². The second-order valence-electron chi connectivity index (χ2n) is 5.31. The van der Waals surface area contributed by atoms with Gasteiger partial charge in [0.2, 0.25) is 5.82 Å². The van der Waals surface area contributed by atoms with Crippen LogP contribution in [0.3, 0.4) is 0 Å². The van der Waals surface area contributed by atoms with Crippen molar-refractivity contribution in [2.24, 2.45) is 0 Å². The van der Waals surface area contributed by atoms with Gasteiger partial charge in [0.05, 0.1) is 0 Å². The molecule has 0 saturated heterocycles.